The van der Waals surface area contributed by atoms with Gasteiger partial charge in [0.2, 0.25) is 0 Å². The molecule has 0 bridgehead atoms. The van der Waals surface area contributed by atoms with Gasteiger partial charge in [-0.25, -0.2) is 4.79 Å². The van der Waals surface area contributed by atoms with Crippen molar-refractivity contribution in [2.24, 2.45) is 0 Å². The molecule has 0 aromatic rings. The monoisotopic (exact) mass is 559 g/mol. The molecule has 1 atom stereocenters. The first-order valence-corrected chi connectivity index (χ1v) is 16.6. The summed E-state index contributed by atoms with van der Waals surface area (Å²) < 4.78 is 3.74. The number of allylic oxidation sites excluding steroid dienone is 2. The van der Waals surface area contributed by atoms with Gasteiger partial charge in [-0.2, -0.15) is 0 Å². The highest BCUT2D eigenvalue weighted by Crippen LogP contribution is 2.59. The van der Waals surface area contributed by atoms with E-state index in [1.165, 1.54) is 108 Å². The van der Waals surface area contributed by atoms with Gasteiger partial charge in [0.15, 0.2) is 0 Å². The number of urea groups is 1. The molecule has 3 aliphatic rings. The van der Waals surface area contributed by atoms with Crippen molar-refractivity contribution < 1.29 is 14.4 Å². The van der Waals surface area contributed by atoms with E-state index in [9.17, 15) is 9.90 Å². The molecule has 1 unspecified atom stereocenters. The lowest BCUT2D eigenvalue weighted by Crippen LogP contribution is -2.50. The maximum atomic E-state index is 11.7. The van der Waals surface area contributed by atoms with Gasteiger partial charge in [0.1, 0.15) is 5.37 Å². The van der Waals surface area contributed by atoms with Gasteiger partial charge >= 0.3 is 6.03 Å². The molecule has 1 fully saturated rings. The Balaban J connectivity index is 0.000000248. The van der Waals surface area contributed by atoms with Gasteiger partial charge in [0.05, 0.1) is 34.7 Å². The second-order valence-electron chi connectivity index (χ2n) is 9.43. The Morgan fingerprint density at radius 3 is 1.66 bits per heavy atom. The molecule has 0 aliphatic carbocycles. The van der Waals surface area contributed by atoms with Crippen molar-refractivity contribution in [3.05, 3.63) is 29.1 Å². The largest absolute Gasteiger partial charge is 0.859 e. The number of unbranched alkanes of at least 4 members (excludes halogenated alkanes) is 4. The molecule has 2 amide bonds. The number of hydrogen-bond donors (Lipinski definition) is 2. The number of nitrogens with one attached hydrogen (secondary N) is 2. The van der Waals surface area contributed by atoms with Crippen LogP contribution in [0.4, 0.5) is 4.79 Å². The Kier molecular flexibility index (Phi) is 13.9. The van der Waals surface area contributed by atoms with Crippen LogP contribution in [0.5, 0.6) is 0 Å². The fourth-order valence-corrected chi connectivity index (χ4v) is 9.72. The fraction of sp³-hybridized carbons (Fsp3) is 0.731. The summed E-state index contributed by atoms with van der Waals surface area (Å²) >= 11 is 6.50. The normalized spacial score (nSPS) is 20.1. The molecule has 5 nitrogen and oxygen atoms in total. The first kappa shape index (κ1) is 30.9. The molecule has 0 aromatic carbocycles. The van der Waals surface area contributed by atoms with Crippen LogP contribution in [-0.4, -0.2) is 42.1 Å². The van der Waals surface area contributed by atoms with Gasteiger partial charge in [0, 0.05) is 4.91 Å². The number of hydrogen-bond acceptors (Lipinski definition) is 6. The quantitative estimate of drug-likeness (QED) is 0.241. The van der Waals surface area contributed by atoms with E-state index in [2.05, 4.69) is 52.2 Å². The first-order chi connectivity index (χ1) is 16.8. The number of carbonyl (C=O) groups is 1. The average Bonchev–Trinajstić information content (AvgIpc) is 3.41. The third kappa shape index (κ3) is 9.47. The molecular weight excluding hydrogens is 515 g/mol. The van der Waals surface area contributed by atoms with Crippen molar-refractivity contribution in [1.29, 1.82) is 0 Å². The maximum Gasteiger partial charge on any atom is 0.319 e. The van der Waals surface area contributed by atoms with Crippen LogP contribution < -0.4 is 15.7 Å². The zero-order valence-corrected chi connectivity index (χ0v) is 25.7. The van der Waals surface area contributed by atoms with Gasteiger partial charge in [-0.05, 0) is 55.2 Å². The van der Waals surface area contributed by atoms with Crippen molar-refractivity contribution in [3.8, 4) is 0 Å². The smallest absolute Gasteiger partial charge is 0.319 e. The van der Waals surface area contributed by atoms with Crippen LogP contribution in [0.25, 0.3) is 0 Å². The van der Waals surface area contributed by atoms with Crippen LogP contribution in [0.3, 0.4) is 0 Å². The number of fused-ring (bicyclic) bond motifs is 1. The molecule has 3 aliphatic heterocycles. The van der Waals surface area contributed by atoms with Crippen LogP contribution in [0.15, 0.2) is 29.1 Å². The first-order valence-electron chi connectivity index (χ1n) is 13.2. The van der Waals surface area contributed by atoms with Gasteiger partial charge in [-0.3, -0.25) is 0 Å². The molecular formula is C26H45N3O2S4. The second kappa shape index (κ2) is 15.8. The van der Waals surface area contributed by atoms with E-state index in [0.29, 0.717) is 4.91 Å². The molecule has 0 spiro atoms. The summed E-state index contributed by atoms with van der Waals surface area (Å²) in [5, 5.41) is 16.5. The highest BCUT2D eigenvalue weighted by Gasteiger charge is 2.35. The van der Waals surface area contributed by atoms with Crippen LogP contribution in [0, 0.1) is 0 Å². The molecule has 0 saturated carbocycles. The Morgan fingerprint density at radius 2 is 1.23 bits per heavy atom. The summed E-state index contributed by atoms with van der Waals surface area (Å²) in [5.41, 5.74) is 0. The third-order valence-electron chi connectivity index (χ3n) is 6.48. The zero-order valence-electron chi connectivity index (χ0n) is 22.5. The fourth-order valence-electron chi connectivity index (χ4n) is 4.18. The average molecular weight is 560 g/mol. The van der Waals surface area contributed by atoms with Crippen molar-refractivity contribution in [3.63, 3.8) is 0 Å². The molecule has 3 heterocycles. The lowest BCUT2D eigenvalue weighted by Gasteiger charge is -2.39. The van der Waals surface area contributed by atoms with E-state index in [0.717, 1.165) is 4.24 Å². The predicted molar refractivity (Wildman–Crippen MR) is 158 cm³/mol. The summed E-state index contributed by atoms with van der Waals surface area (Å²) in [5.74, 6) is -0.272. The molecule has 1 saturated heterocycles. The van der Waals surface area contributed by atoms with Crippen LogP contribution in [-0.2, 0) is 0 Å². The summed E-state index contributed by atoms with van der Waals surface area (Å²) in [6.45, 7) is 19.2. The second-order valence-corrected chi connectivity index (χ2v) is 14.6. The predicted octanol–water partition coefficient (Wildman–Crippen LogP) is 7.50. The van der Waals surface area contributed by atoms with Crippen LogP contribution >= 0.6 is 47.0 Å². The van der Waals surface area contributed by atoms with Gasteiger partial charge < -0.3 is 20.2 Å². The number of rotatable bonds is 12. The molecule has 3 rings (SSSR count). The molecule has 2 N–H and O–H groups in total. The molecule has 9 heteroatoms. The van der Waals surface area contributed by atoms with Crippen LogP contribution in [0.2, 0.25) is 0 Å². The maximum absolute atomic E-state index is 11.7. The Morgan fingerprint density at radius 1 is 0.771 bits per heavy atom. The highest BCUT2D eigenvalue weighted by molar-refractivity contribution is 8.33. The summed E-state index contributed by atoms with van der Waals surface area (Å²) in [4.78, 5) is 14.5. The molecule has 200 valence electrons. The van der Waals surface area contributed by atoms with E-state index in [-0.39, 0.29) is 11.3 Å². The zero-order chi connectivity index (χ0) is 25.8. The van der Waals surface area contributed by atoms with Crippen molar-refractivity contribution >= 4 is 53.1 Å². The molecule has 35 heavy (non-hydrogen) atoms. The number of quaternary nitrogens is 1. The summed E-state index contributed by atoms with van der Waals surface area (Å²) in [7, 11) is 0. The van der Waals surface area contributed by atoms with Gasteiger partial charge in [-0.1, -0.05) is 100 Å². The van der Waals surface area contributed by atoms with E-state index in [1.54, 1.807) is 35.3 Å². The minimum atomic E-state index is -0.412. The van der Waals surface area contributed by atoms with E-state index >= 15 is 0 Å². The number of amides is 2. The van der Waals surface area contributed by atoms with E-state index in [4.69, 9.17) is 0 Å². The molecule has 0 aromatic heterocycles. The Bertz CT molecular complexity index is 757. The minimum Gasteiger partial charge on any atom is -0.859 e. The van der Waals surface area contributed by atoms with Gasteiger partial charge in [0.25, 0.3) is 0 Å². The van der Waals surface area contributed by atoms with Crippen molar-refractivity contribution in [2.75, 3.05) is 26.2 Å². The number of thioether (sulfide) groups is 4. The number of nitrogens with zero attached hydrogens (tertiary/aromatic N) is 1. The SMILES string of the molecule is CC1=C(C)SC(=C2SC3=C([O-])NC(=O)NC3S2)S1.CCCC[N+](CCCC)(CCCC)CCCC. The minimum absolute atomic E-state index is 0.221. The van der Waals surface area contributed by atoms with E-state index < -0.39 is 6.03 Å². The lowest BCUT2D eigenvalue weighted by atomic mass is 10.1. The van der Waals surface area contributed by atoms with Gasteiger partial charge in [-0.15, -0.1) is 0 Å². The van der Waals surface area contributed by atoms with E-state index in [1.807, 2.05) is 0 Å². The Labute approximate surface area is 230 Å². The van der Waals surface area contributed by atoms with Crippen molar-refractivity contribution in [2.45, 2.75) is 98.3 Å². The third-order valence-corrected chi connectivity index (χ3v) is 12.4. The Hall–Kier alpha value is -0.350. The molecule has 0 radical (unpaired) electrons. The van der Waals surface area contributed by atoms with Crippen molar-refractivity contribution in [1.82, 2.24) is 10.6 Å². The summed E-state index contributed by atoms with van der Waals surface area (Å²) in [6, 6.07) is -0.412. The standard InChI is InChI=1S/C16H36N.C10H10N2O2S4/c1-5-9-13-17(14-10-6-2,15-11-7-3)16-12-8-4;1-3-4(2)16-8(15-3)9-17-5-6(13)11-10(14)12-7(5)18-9/h5-16H2,1-4H3;7,13H,1-2H3,(H2,11,12,14)/q+1;/p-1. The number of carbonyl (C=O) groups excluding carboxylic acids is 1. The van der Waals surface area contributed by atoms with Crippen LogP contribution in [0.1, 0.15) is 92.9 Å². The summed E-state index contributed by atoms with van der Waals surface area (Å²) in [6.07, 6.45) is 11.1. The lowest BCUT2D eigenvalue weighted by molar-refractivity contribution is -0.929. The topological polar surface area (TPSA) is 64.2 Å². The highest BCUT2D eigenvalue weighted by atomic mass is 32.2.